The third kappa shape index (κ3) is 1.89. The zero-order chi connectivity index (χ0) is 12.1. The zero-order valence-corrected chi connectivity index (χ0v) is 7.17. The summed E-state index contributed by atoms with van der Waals surface area (Å²) in [6.07, 6.45) is -4.81. The Morgan fingerprint density at radius 3 is 1.87 bits per heavy atom. The molecule has 1 saturated heterocycles. The van der Waals surface area contributed by atoms with Gasteiger partial charge in [0.2, 0.25) is 0 Å². The Hall–Kier alpha value is -0.570. The van der Waals surface area contributed by atoms with Crippen LogP contribution in [0.4, 0.5) is 30.7 Å². The van der Waals surface area contributed by atoms with Crippen molar-refractivity contribution < 1.29 is 40.2 Å². The summed E-state index contributed by atoms with van der Waals surface area (Å²) in [7, 11) is 0. The van der Waals surface area contributed by atoms with Crippen molar-refractivity contribution in [2.45, 2.75) is 30.9 Å². The molecule has 1 aliphatic rings. The van der Waals surface area contributed by atoms with Crippen LogP contribution in [0.2, 0.25) is 0 Å². The molecule has 9 heteroatoms. The first-order chi connectivity index (χ1) is 6.41. The van der Waals surface area contributed by atoms with Crippen LogP contribution < -0.4 is 0 Å². The molecule has 90 valence electrons. The van der Waals surface area contributed by atoms with E-state index in [1.165, 1.54) is 0 Å². The van der Waals surface area contributed by atoms with Gasteiger partial charge in [-0.05, 0) is 0 Å². The van der Waals surface area contributed by atoms with Crippen molar-refractivity contribution in [1.82, 2.24) is 0 Å². The van der Waals surface area contributed by atoms with E-state index in [0.717, 1.165) is 0 Å². The summed E-state index contributed by atoms with van der Waals surface area (Å²) in [5.41, 5.74) is 0. The monoisotopic (exact) mass is 242 g/mol. The highest BCUT2D eigenvalue weighted by molar-refractivity contribution is 4.97. The number of hydrogen-bond acceptors (Lipinski definition) is 2. The number of rotatable bonds is 1. The predicted octanol–water partition coefficient (Wildman–Crippen LogP) is 2.54. The lowest BCUT2D eigenvalue weighted by molar-refractivity contribution is -0.537. The molecule has 15 heavy (non-hydrogen) atoms. The standard InChI is InChI=1S/C6H5F7O2/c1-3(7,8)5(11)4(9,10)2-14-6(12,13)15-5/h2H2,1H3. The molecule has 2 nitrogen and oxygen atoms in total. The summed E-state index contributed by atoms with van der Waals surface area (Å²) < 4.78 is 93.6. The maximum Gasteiger partial charge on any atom is 0.488 e. The molecule has 0 amide bonds. The number of ether oxygens (including phenoxy) is 2. The van der Waals surface area contributed by atoms with E-state index in [4.69, 9.17) is 0 Å². The Kier molecular flexibility index (Phi) is 2.48. The lowest BCUT2D eigenvalue weighted by Crippen LogP contribution is -2.66. The van der Waals surface area contributed by atoms with Gasteiger partial charge in [-0.1, -0.05) is 0 Å². The highest BCUT2D eigenvalue weighted by Gasteiger charge is 2.75. The van der Waals surface area contributed by atoms with Gasteiger partial charge in [-0.2, -0.15) is 13.2 Å². The minimum Gasteiger partial charge on any atom is -0.289 e. The quantitative estimate of drug-likeness (QED) is 0.658. The van der Waals surface area contributed by atoms with Crippen LogP contribution in [0, 0.1) is 0 Å². The first-order valence-electron chi connectivity index (χ1n) is 3.58. The average Bonchev–Trinajstić information content (AvgIpc) is 1.96. The van der Waals surface area contributed by atoms with E-state index in [-0.39, 0.29) is 6.92 Å². The highest BCUT2D eigenvalue weighted by Crippen LogP contribution is 2.51. The molecule has 0 N–H and O–H groups in total. The van der Waals surface area contributed by atoms with Crippen LogP contribution in [0.25, 0.3) is 0 Å². The van der Waals surface area contributed by atoms with Gasteiger partial charge in [0.1, 0.15) is 6.61 Å². The molecule has 1 fully saturated rings. The van der Waals surface area contributed by atoms with Gasteiger partial charge >= 0.3 is 24.0 Å². The molecule has 1 unspecified atom stereocenters. The molecule has 1 rings (SSSR count). The third-order valence-corrected chi connectivity index (χ3v) is 1.72. The second-order valence-electron chi connectivity index (χ2n) is 3.04. The predicted molar refractivity (Wildman–Crippen MR) is 31.4 cm³/mol. The fraction of sp³-hybridized carbons (Fsp3) is 1.00. The summed E-state index contributed by atoms with van der Waals surface area (Å²) in [5, 5.41) is 0. The molecule has 0 saturated carbocycles. The van der Waals surface area contributed by atoms with Crippen LogP contribution in [0.15, 0.2) is 0 Å². The van der Waals surface area contributed by atoms with Gasteiger partial charge in [0, 0.05) is 6.92 Å². The zero-order valence-electron chi connectivity index (χ0n) is 7.17. The Labute approximate surface area is 78.9 Å². The van der Waals surface area contributed by atoms with Crippen LogP contribution in [0.5, 0.6) is 0 Å². The van der Waals surface area contributed by atoms with Crippen molar-refractivity contribution in [2.75, 3.05) is 6.61 Å². The Morgan fingerprint density at radius 1 is 1.07 bits per heavy atom. The maximum atomic E-state index is 13.1. The molecular formula is C6H5F7O2. The summed E-state index contributed by atoms with van der Waals surface area (Å²) in [6.45, 7) is -2.48. The largest absolute Gasteiger partial charge is 0.488 e. The van der Waals surface area contributed by atoms with Crippen molar-refractivity contribution in [3.8, 4) is 0 Å². The van der Waals surface area contributed by atoms with E-state index in [1.54, 1.807) is 0 Å². The van der Waals surface area contributed by atoms with Gasteiger partial charge in [0.15, 0.2) is 0 Å². The van der Waals surface area contributed by atoms with E-state index >= 15 is 0 Å². The molecule has 0 radical (unpaired) electrons. The lowest BCUT2D eigenvalue weighted by atomic mass is 10.0. The maximum absolute atomic E-state index is 13.1. The van der Waals surface area contributed by atoms with Gasteiger partial charge in [-0.15, -0.1) is 8.78 Å². The van der Waals surface area contributed by atoms with Crippen LogP contribution in [0.3, 0.4) is 0 Å². The highest BCUT2D eigenvalue weighted by atomic mass is 19.3. The summed E-state index contributed by atoms with van der Waals surface area (Å²) >= 11 is 0. The number of alkyl halides is 7. The van der Waals surface area contributed by atoms with E-state index in [9.17, 15) is 30.7 Å². The van der Waals surface area contributed by atoms with E-state index < -0.39 is 30.6 Å². The molecular weight excluding hydrogens is 237 g/mol. The van der Waals surface area contributed by atoms with Crippen molar-refractivity contribution in [3.63, 3.8) is 0 Å². The van der Waals surface area contributed by atoms with Crippen LogP contribution in [-0.2, 0) is 9.47 Å². The van der Waals surface area contributed by atoms with Crippen LogP contribution >= 0.6 is 0 Å². The SMILES string of the molecule is CC(F)(F)C1(F)OC(F)(F)OCC1(F)F. The van der Waals surface area contributed by atoms with Gasteiger partial charge in [-0.25, -0.2) is 13.5 Å². The summed E-state index contributed by atoms with van der Waals surface area (Å²) in [6, 6.07) is 0. The average molecular weight is 242 g/mol. The Morgan fingerprint density at radius 2 is 1.53 bits per heavy atom. The molecule has 1 atom stereocenters. The van der Waals surface area contributed by atoms with Gasteiger partial charge < -0.3 is 0 Å². The normalized spacial score (nSPS) is 35.2. The van der Waals surface area contributed by atoms with E-state index in [2.05, 4.69) is 9.47 Å². The Bertz CT molecular complexity index is 261. The first kappa shape index (κ1) is 12.5. The Balaban J connectivity index is 3.11. The summed E-state index contributed by atoms with van der Waals surface area (Å²) in [4.78, 5) is 0. The minimum absolute atomic E-state index is 0.289. The van der Waals surface area contributed by atoms with Gasteiger partial charge in [0.05, 0.1) is 0 Å². The topological polar surface area (TPSA) is 18.5 Å². The molecule has 0 aliphatic carbocycles. The minimum atomic E-state index is -5.10. The number of halogens is 7. The summed E-state index contributed by atoms with van der Waals surface area (Å²) in [5.74, 6) is -14.8. The molecule has 0 aromatic rings. The van der Waals surface area contributed by atoms with Crippen molar-refractivity contribution >= 4 is 0 Å². The first-order valence-corrected chi connectivity index (χ1v) is 3.58. The van der Waals surface area contributed by atoms with Gasteiger partial charge in [0.25, 0.3) is 0 Å². The molecule has 0 aromatic carbocycles. The van der Waals surface area contributed by atoms with Crippen molar-refractivity contribution in [3.05, 3.63) is 0 Å². The molecule has 1 heterocycles. The lowest BCUT2D eigenvalue weighted by Gasteiger charge is -2.42. The molecule has 1 aliphatic heterocycles. The smallest absolute Gasteiger partial charge is 0.289 e. The second-order valence-corrected chi connectivity index (χ2v) is 3.04. The number of hydrogen-bond donors (Lipinski definition) is 0. The molecule has 0 bridgehead atoms. The third-order valence-electron chi connectivity index (χ3n) is 1.72. The van der Waals surface area contributed by atoms with E-state index in [0.29, 0.717) is 0 Å². The fourth-order valence-electron chi connectivity index (χ4n) is 0.946. The van der Waals surface area contributed by atoms with Gasteiger partial charge in [-0.3, -0.25) is 4.74 Å². The van der Waals surface area contributed by atoms with Crippen LogP contribution in [-0.4, -0.2) is 30.6 Å². The van der Waals surface area contributed by atoms with Crippen molar-refractivity contribution in [2.24, 2.45) is 0 Å². The fourth-order valence-corrected chi connectivity index (χ4v) is 0.946. The van der Waals surface area contributed by atoms with Crippen molar-refractivity contribution in [1.29, 1.82) is 0 Å². The second kappa shape index (κ2) is 2.97. The molecule has 0 spiro atoms. The molecule has 0 aromatic heterocycles. The van der Waals surface area contributed by atoms with Crippen LogP contribution in [0.1, 0.15) is 6.92 Å². The van der Waals surface area contributed by atoms with E-state index in [1.807, 2.05) is 0 Å².